The Balaban J connectivity index is 2.20. The lowest BCUT2D eigenvalue weighted by atomic mass is 9.96. The van der Waals surface area contributed by atoms with Gasteiger partial charge in [0, 0.05) is 26.2 Å². The Morgan fingerprint density at radius 3 is 2.59 bits per heavy atom. The topological polar surface area (TPSA) is 62.7 Å². The van der Waals surface area contributed by atoms with Gasteiger partial charge in [-0.15, -0.1) is 0 Å². The van der Waals surface area contributed by atoms with Crippen LogP contribution in [0.2, 0.25) is 0 Å². The number of pyridine rings is 1. The predicted molar refractivity (Wildman–Crippen MR) is 107 cm³/mol. The number of amides is 2. The van der Waals surface area contributed by atoms with Gasteiger partial charge in [-0.25, -0.2) is 9.78 Å². The number of likely N-dealkylation sites (tertiary alicyclic amines) is 1. The van der Waals surface area contributed by atoms with Crippen molar-refractivity contribution < 1.29 is 14.3 Å². The van der Waals surface area contributed by atoms with Crippen LogP contribution in [-0.4, -0.2) is 40.6 Å². The first-order valence-corrected chi connectivity index (χ1v) is 9.96. The number of carbonyl (C=O) groups is 2. The lowest BCUT2D eigenvalue weighted by molar-refractivity contribution is -0.132. The zero-order chi connectivity index (χ0) is 20.0. The fraction of sp³-hybridized carbons (Fsp3) is 0.667. The standard InChI is InChI=1S/C21H33N3O3/c1-6-7-13-24(20(26)27-21(3,4)5)19-12-11-17(15-22-19)18-10-8-9-14-23(18)16(2)25/h11-12,15,18H,6-10,13-14H2,1-5H3. The van der Waals surface area contributed by atoms with E-state index in [9.17, 15) is 9.59 Å². The molecule has 27 heavy (non-hydrogen) atoms. The molecule has 2 amide bonds. The van der Waals surface area contributed by atoms with E-state index in [0.717, 1.165) is 44.2 Å². The first-order valence-electron chi connectivity index (χ1n) is 9.96. The van der Waals surface area contributed by atoms with Gasteiger partial charge in [-0.05, 0) is 58.1 Å². The Hall–Kier alpha value is -2.11. The van der Waals surface area contributed by atoms with Crippen molar-refractivity contribution in [3.05, 3.63) is 23.9 Å². The molecule has 1 aliphatic rings. The number of unbranched alkanes of at least 4 members (excludes halogenated alkanes) is 1. The van der Waals surface area contributed by atoms with Crippen molar-refractivity contribution in [1.29, 1.82) is 0 Å². The number of ether oxygens (including phenoxy) is 1. The molecule has 1 aromatic heterocycles. The Kier molecular flexibility index (Phi) is 7.22. The van der Waals surface area contributed by atoms with Gasteiger partial charge < -0.3 is 9.64 Å². The summed E-state index contributed by atoms with van der Waals surface area (Å²) in [6, 6.07) is 3.92. The quantitative estimate of drug-likeness (QED) is 0.748. The summed E-state index contributed by atoms with van der Waals surface area (Å²) in [6.07, 6.45) is 6.38. The molecular weight excluding hydrogens is 342 g/mol. The van der Waals surface area contributed by atoms with Gasteiger partial charge >= 0.3 is 6.09 Å². The molecule has 1 aliphatic heterocycles. The third-order valence-corrected chi connectivity index (χ3v) is 4.69. The van der Waals surface area contributed by atoms with Gasteiger partial charge in [0.1, 0.15) is 11.4 Å². The average Bonchev–Trinajstić information content (AvgIpc) is 2.61. The van der Waals surface area contributed by atoms with Gasteiger partial charge in [0.05, 0.1) is 6.04 Å². The minimum atomic E-state index is -0.550. The van der Waals surface area contributed by atoms with E-state index in [2.05, 4.69) is 11.9 Å². The highest BCUT2D eigenvalue weighted by atomic mass is 16.6. The van der Waals surface area contributed by atoms with Crippen LogP contribution in [-0.2, 0) is 9.53 Å². The molecule has 1 fully saturated rings. The molecule has 2 rings (SSSR count). The maximum absolute atomic E-state index is 12.6. The number of hydrogen-bond donors (Lipinski definition) is 0. The molecule has 0 aliphatic carbocycles. The Morgan fingerprint density at radius 2 is 2.04 bits per heavy atom. The molecule has 1 aromatic rings. The minimum Gasteiger partial charge on any atom is -0.443 e. The fourth-order valence-electron chi connectivity index (χ4n) is 3.34. The Morgan fingerprint density at radius 1 is 1.30 bits per heavy atom. The second-order valence-corrected chi connectivity index (χ2v) is 8.16. The van der Waals surface area contributed by atoms with E-state index < -0.39 is 5.60 Å². The summed E-state index contributed by atoms with van der Waals surface area (Å²) < 4.78 is 5.54. The van der Waals surface area contributed by atoms with Crippen LogP contribution in [0.4, 0.5) is 10.6 Å². The van der Waals surface area contributed by atoms with E-state index in [1.807, 2.05) is 37.8 Å². The monoisotopic (exact) mass is 375 g/mol. The van der Waals surface area contributed by atoms with Crippen LogP contribution in [0.15, 0.2) is 18.3 Å². The summed E-state index contributed by atoms with van der Waals surface area (Å²) in [5, 5.41) is 0. The summed E-state index contributed by atoms with van der Waals surface area (Å²) in [5.74, 6) is 0.689. The average molecular weight is 376 g/mol. The molecule has 1 saturated heterocycles. The number of carbonyl (C=O) groups excluding carboxylic acids is 2. The molecule has 1 unspecified atom stereocenters. The molecule has 0 aromatic carbocycles. The van der Waals surface area contributed by atoms with Crippen LogP contribution in [0, 0.1) is 0 Å². The van der Waals surface area contributed by atoms with E-state index in [1.54, 1.807) is 18.0 Å². The van der Waals surface area contributed by atoms with Gasteiger partial charge in [-0.1, -0.05) is 19.4 Å². The van der Waals surface area contributed by atoms with Crippen molar-refractivity contribution in [2.45, 2.75) is 78.4 Å². The van der Waals surface area contributed by atoms with Crippen molar-refractivity contribution in [3.8, 4) is 0 Å². The van der Waals surface area contributed by atoms with Crippen LogP contribution in [0.5, 0.6) is 0 Å². The highest BCUT2D eigenvalue weighted by molar-refractivity contribution is 5.86. The van der Waals surface area contributed by atoms with Crippen LogP contribution in [0.3, 0.4) is 0 Å². The molecule has 0 saturated carbocycles. The molecule has 150 valence electrons. The zero-order valence-electron chi connectivity index (χ0n) is 17.3. The number of piperidine rings is 1. The minimum absolute atomic E-state index is 0.0726. The summed E-state index contributed by atoms with van der Waals surface area (Å²) in [5.41, 5.74) is 0.472. The lowest BCUT2D eigenvalue weighted by Crippen LogP contribution is -2.38. The first-order chi connectivity index (χ1) is 12.7. The first kappa shape index (κ1) is 21.2. The van der Waals surface area contributed by atoms with Crippen LogP contribution < -0.4 is 4.90 Å². The molecule has 0 bridgehead atoms. The van der Waals surface area contributed by atoms with Crippen molar-refractivity contribution in [1.82, 2.24) is 9.88 Å². The Labute approximate surface area is 162 Å². The molecule has 2 heterocycles. The van der Waals surface area contributed by atoms with E-state index in [-0.39, 0.29) is 18.0 Å². The second kappa shape index (κ2) is 9.20. The Bertz CT molecular complexity index is 637. The van der Waals surface area contributed by atoms with Crippen LogP contribution in [0.25, 0.3) is 0 Å². The van der Waals surface area contributed by atoms with Gasteiger partial charge in [-0.3, -0.25) is 9.69 Å². The smallest absolute Gasteiger partial charge is 0.416 e. The van der Waals surface area contributed by atoms with E-state index in [0.29, 0.717) is 12.4 Å². The van der Waals surface area contributed by atoms with Crippen molar-refractivity contribution in [2.24, 2.45) is 0 Å². The normalized spacial score (nSPS) is 17.5. The summed E-state index contributed by atoms with van der Waals surface area (Å²) in [7, 11) is 0. The maximum Gasteiger partial charge on any atom is 0.416 e. The zero-order valence-corrected chi connectivity index (χ0v) is 17.3. The highest BCUT2D eigenvalue weighted by Gasteiger charge is 2.27. The third-order valence-electron chi connectivity index (χ3n) is 4.69. The second-order valence-electron chi connectivity index (χ2n) is 8.16. The van der Waals surface area contributed by atoms with Gasteiger partial charge in [0.25, 0.3) is 0 Å². The molecule has 0 spiro atoms. The fourth-order valence-corrected chi connectivity index (χ4v) is 3.34. The molecule has 6 nitrogen and oxygen atoms in total. The molecule has 6 heteroatoms. The third kappa shape index (κ3) is 5.94. The largest absolute Gasteiger partial charge is 0.443 e. The van der Waals surface area contributed by atoms with E-state index >= 15 is 0 Å². The predicted octanol–water partition coefficient (Wildman–Crippen LogP) is 4.70. The van der Waals surface area contributed by atoms with E-state index in [1.165, 1.54) is 0 Å². The summed E-state index contributed by atoms with van der Waals surface area (Å²) >= 11 is 0. The number of nitrogens with zero attached hydrogens (tertiary/aromatic N) is 3. The van der Waals surface area contributed by atoms with Gasteiger partial charge in [0.15, 0.2) is 0 Å². The summed E-state index contributed by atoms with van der Waals surface area (Å²) in [6.45, 7) is 10.7. The van der Waals surface area contributed by atoms with Crippen molar-refractivity contribution in [2.75, 3.05) is 18.0 Å². The lowest BCUT2D eigenvalue weighted by Gasteiger charge is -2.35. The molecular formula is C21H33N3O3. The van der Waals surface area contributed by atoms with Crippen molar-refractivity contribution >= 4 is 17.8 Å². The van der Waals surface area contributed by atoms with Crippen LogP contribution >= 0.6 is 0 Å². The van der Waals surface area contributed by atoms with Crippen LogP contribution in [0.1, 0.15) is 78.3 Å². The number of anilines is 1. The molecule has 1 atom stereocenters. The summed E-state index contributed by atoms with van der Waals surface area (Å²) in [4.78, 5) is 32.6. The number of hydrogen-bond acceptors (Lipinski definition) is 4. The van der Waals surface area contributed by atoms with Crippen molar-refractivity contribution in [3.63, 3.8) is 0 Å². The van der Waals surface area contributed by atoms with E-state index in [4.69, 9.17) is 4.74 Å². The highest BCUT2D eigenvalue weighted by Crippen LogP contribution is 2.31. The maximum atomic E-state index is 12.6. The van der Waals surface area contributed by atoms with Gasteiger partial charge in [-0.2, -0.15) is 0 Å². The number of rotatable bonds is 5. The molecule has 0 N–H and O–H groups in total. The van der Waals surface area contributed by atoms with Gasteiger partial charge in [0.2, 0.25) is 5.91 Å². The SMILES string of the molecule is CCCCN(C(=O)OC(C)(C)C)c1ccc(C2CCCCN2C(C)=O)cn1. The number of aromatic nitrogens is 1. The molecule has 0 radical (unpaired) electrons.